The molecular weight excluding hydrogens is 747 g/mol. The zero-order valence-corrected chi connectivity index (χ0v) is 32.6. The van der Waals surface area contributed by atoms with E-state index in [4.69, 9.17) is 34.1 Å². The van der Waals surface area contributed by atoms with Crippen molar-refractivity contribution in [2.75, 3.05) is 6.54 Å². The smallest absolute Gasteiger partial charge is 0.161 e. The number of benzene rings is 6. The Morgan fingerprint density at radius 1 is 0.627 bits per heavy atom. The average Bonchev–Trinajstić information content (AvgIpc) is 3.98. The van der Waals surface area contributed by atoms with E-state index in [2.05, 4.69) is 115 Å². The van der Waals surface area contributed by atoms with Crippen LogP contribution in [0.15, 0.2) is 198 Å². The molecule has 12 rings (SSSR count). The fourth-order valence-electron chi connectivity index (χ4n) is 9.02. The number of ether oxygens (including phenoxy) is 1. The lowest BCUT2D eigenvalue weighted by Crippen LogP contribution is -2.32. The van der Waals surface area contributed by atoms with E-state index in [1.54, 1.807) is 0 Å². The summed E-state index contributed by atoms with van der Waals surface area (Å²) in [5.74, 6) is 2.84. The highest BCUT2D eigenvalue weighted by Gasteiger charge is 2.40. The van der Waals surface area contributed by atoms with Crippen molar-refractivity contribution >= 4 is 68.2 Å². The molecule has 5 aliphatic rings. The zero-order valence-electron chi connectivity index (χ0n) is 31.8. The van der Waals surface area contributed by atoms with Crippen LogP contribution in [0.1, 0.15) is 45.8 Å². The molecule has 7 aromatic rings. The molecule has 0 N–H and O–H groups in total. The summed E-state index contributed by atoms with van der Waals surface area (Å²) in [5.41, 5.74) is 11.0. The number of amidine groups is 3. The molecule has 1 aliphatic carbocycles. The fourth-order valence-corrected chi connectivity index (χ4v) is 10.4. The number of allylic oxidation sites excluding steroid dienone is 2. The Balaban J connectivity index is 0.938. The van der Waals surface area contributed by atoms with Gasteiger partial charge in [-0.25, -0.2) is 15.0 Å². The van der Waals surface area contributed by atoms with E-state index < -0.39 is 0 Å². The van der Waals surface area contributed by atoms with Gasteiger partial charge in [-0.05, 0) is 41.5 Å². The van der Waals surface area contributed by atoms with Crippen molar-refractivity contribution < 1.29 is 9.15 Å². The highest BCUT2D eigenvalue weighted by Crippen LogP contribution is 2.49. The van der Waals surface area contributed by atoms with Gasteiger partial charge in [0, 0.05) is 62.2 Å². The third-order valence-corrected chi connectivity index (χ3v) is 13.1. The van der Waals surface area contributed by atoms with E-state index >= 15 is 0 Å². The number of rotatable bonds is 5. The molecule has 4 atom stereocenters. The Bertz CT molecular complexity index is 3080. The van der Waals surface area contributed by atoms with Crippen LogP contribution in [0, 0.1) is 5.92 Å². The maximum atomic E-state index is 6.63. The molecule has 0 radical (unpaired) electrons. The number of nitrogens with zero attached hydrogens (tertiary/aromatic N) is 5. The summed E-state index contributed by atoms with van der Waals surface area (Å²) in [6.07, 6.45) is 7.02. The van der Waals surface area contributed by atoms with Crippen LogP contribution in [0.3, 0.4) is 0 Å². The van der Waals surface area contributed by atoms with Gasteiger partial charge in [0.05, 0.1) is 22.9 Å². The Morgan fingerprint density at radius 3 is 2.32 bits per heavy atom. The summed E-state index contributed by atoms with van der Waals surface area (Å²) >= 11 is 1.85. The molecule has 0 saturated heterocycles. The first-order valence-electron chi connectivity index (χ1n) is 20.1. The highest BCUT2D eigenvalue weighted by atomic mass is 32.2. The van der Waals surface area contributed by atoms with E-state index in [0.29, 0.717) is 30.5 Å². The monoisotopic (exact) mass is 781 g/mol. The summed E-state index contributed by atoms with van der Waals surface area (Å²) in [6, 6.07) is 50.0. The SMILES string of the molecule is C1=CC(C2=NC(c3ccccc3)=NC(c3cccc4oc5cc(C6=NC7c8ccccc8SC7C(c7ccccc7)=N6)ccc5c34)=NCC2)C2Oc3ccccc3C2=C1. The molecule has 59 heavy (non-hydrogen) atoms. The Hall–Kier alpha value is -6.90. The number of furan rings is 1. The molecule has 0 amide bonds. The van der Waals surface area contributed by atoms with Crippen molar-refractivity contribution in [3.8, 4) is 5.75 Å². The number of hydrogen-bond acceptors (Lipinski definition) is 8. The molecule has 7 nitrogen and oxygen atoms in total. The van der Waals surface area contributed by atoms with Crippen molar-refractivity contribution in [3.05, 3.63) is 197 Å². The van der Waals surface area contributed by atoms with E-state index in [0.717, 1.165) is 66.9 Å². The third-order valence-electron chi connectivity index (χ3n) is 11.8. The first-order chi connectivity index (χ1) is 29.2. The van der Waals surface area contributed by atoms with E-state index in [-0.39, 0.29) is 23.3 Å². The predicted molar refractivity (Wildman–Crippen MR) is 240 cm³/mol. The molecule has 8 heteroatoms. The van der Waals surface area contributed by atoms with Crippen molar-refractivity contribution in [2.45, 2.75) is 28.7 Å². The molecule has 4 aliphatic heterocycles. The van der Waals surface area contributed by atoms with Gasteiger partial charge >= 0.3 is 0 Å². The van der Waals surface area contributed by atoms with Gasteiger partial charge < -0.3 is 9.15 Å². The van der Waals surface area contributed by atoms with Gasteiger partial charge in [0.25, 0.3) is 0 Å². The molecule has 1 aromatic heterocycles. The summed E-state index contributed by atoms with van der Waals surface area (Å²) in [6.45, 7) is 0.532. The molecule has 0 spiro atoms. The van der Waals surface area contributed by atoms with Crippen LogP contribution < -0.4 is 4.74 Å². The topological polar surface area (TPSA) is 84.2 Å². The molecule has 5 heterocycles. The standard InChI is InChI=1S/C51H35N5O2S/c1-3-13-30(14-4-1)45-48-46(37-18-8-10-24-43(37)59-48)55-50(54-45)32-25-26-36-42(29-32)57-41-23-12-21-38(44(36)41)51-52-28-27-39(53-49(56-51)31-15-5-2-6-16-31)35-20-11-19-34-33-17-7-9-22-40(33)58-47(34)35/h1-26,29,35,46-48H,27-28H2. The predicted octanol–water partition coefficient (Wildman–Crippen LogP) is 11.1. The Kier molecular flexibility index (Phi) is 8.04. The average molecular weight is 782 g/mol. The lowest BCUT2D eigenvalue weighted by Gasteiger charge is -2.26. The number of hydrogen-bond donors (Lipinski definition) is 0. The van der Waals surface area contributed by atoms with Gasteiger partial charge in [-0.2, -0.15) is 0 Å². The second-order valence-corrected chi connectivity index (χ2v) is 16.4. The highest BCUT2D eigenvalue weighted by molar-refractivity contribution is 8.01. The summed E-state index contributed by atoms with van der Waals surface area (Å²) in [4.78, 5) is 27.7. The van der Waals surface area contributed by atoms with Crippen LogP contribution in [0.5, 0.6) is 5.75 Å². The van der Waals surface area contributed by atoms with Gasteiger partial charge in [0.15, 0.2) is 17.5 Å². The molecule has 0 saturated carbocycles. The maximum absolute atomic E-state index is 6.63. The Labute approximate surface area is 345 Å². The first-order valence-corrected chi connectivity index (χ1v) is 21.0. The van der Waals surface area contributed by atoms with Crippen molar-refractivity contribution in [2.24, 2.45) is 30.9 Å². The van der Waals surface area contributed by atoms with Gasteiger partial charge in [-0.1, -0.05) is 133 Å². The van der Waals surface area contributed by atoms with Crippen LogP contribution in [0.2, 0.25) is 0 Å². The summed E-state index contributed by atoms with van der Waals surface area (Å²) in [7, 11) is 0. The number of aliphatic imine (C=N–C) groups is 5. The lowest BCUT2D eigenvalue weighted by molar-refractivity contribution is 0.254. The molecule has 4 unspecified atom stereocenters. The summed E-state index contributed by atoms with van der Waals surface area (Å²) < 4.78 is 13.2. The molecule has 0 fully saturated rings. The minimum Gasteiger partial charge on any atom is -0.484 e. The molecule has 282 valence electrons. The van der Waals surface area contributed by atoms with E-state index in [9.17, 15) is 0 Å². The second-order valence-electron chi connectivity index (χ2n) is 15.3. The number of fused-ring (bicyclic) bond motifs is 9. The molecule has 6 aromatic carbocycles. The van der Waals surface area contributed by atoms with Crippen molar-refractivity contribution in [1.82, 2.24) is 0 Å². The second kappa shape index (κ2) is 13.9. The summed E-state index contributed by atoms with van der Waals surface area (Å²) in [5, 5.41) is 2.07. The minimum absolute atomic E-state index is 0.0244. The number of para-hydroxylation sites is 1. The van der Waals surface area contributed by atoms with Crippen LogP contribution in [-0.4, -0.2) is 46.8 Å². The third kappa shape index (κ3) is 5.77. The van der Waals surface area contributed by atoms with E-state index in [1.807, 2.05) is 60.3 Å². The fraction of sp³-hybridized carbons (Fsp3) is 0.118. The minimum atomic E-state index is -0.142. The van der Waals surface area contributed by atoms with Gasteiger partial charge in [0.2, 0.25) is 0 Å². The van der Waals surface area contributed by atoms with Gasteiger partial charge in [-0.15, -0.1) is 11.8 Å². The van der Waals surface area contributed by atoms with Crippen LogP contribution in [0.25, 0.3) is 27.5 Å². The van der Waals surface area contributed by atoms with Crippen LogP contribution in [0.4, 0.5) is 0 Å². The zero-order chi connectivity index (χ0) is 38.9. The van der Waals surface area contributed by atoms with Crippen molar-refractivity contribution in [1.29, 1.82) is 0 Å². The van der Waals surface area contributed by atoms with Crippen LogP contribution in [-0.2, 0) is 0 Å². The number of thioether (sulfide) groups is 1. The van der Waals surface area contributed by atoms with Crippen molar-refractivity contribution in [3.63, 3.8) is 0 Å². The Morgan fingerprint density at radius 2 is 1.42 bits per heavy atom. The molecular formula is C51H35N5O2S. The molecule has 0 bridgehead atoms. The lowest BCUT2D eigenvalue weighted by atomic mass is 9.84. The van der Waals surface area contributed by atoms with E-state index in [1.165, 1.54) is 16.0 Å². The normalized spacial score (nSPS) is 21.7. The largest absolute Gasteiger partial charge is 0.484 e. The maximum Gasteiger partial charge on any atom is 0.161 e. The van der Waals surface area contributed by atoms with Crippen LogP contribution >= 0.6 is 11.8 Å². The van der Waals surface area contributed by atoms with Gasteiger partial charge in [-0.3, -0.25) is 9.98 Å². The quantitative estimate of drug-likeness (QED) is 0.174. The van der Waals surface area contributed by atoms with Gasteiger partial charge in [0.1, 0.15) is 23.0 Å². The first kappa shape index (κ1) is 34.2.